The lowest BCUT2D eigenvalue weighted by molar-refractivity contribution is -0.134. The van der Waals surface area contributed by atoms with E-state index in [4.69, 9.17) is 46.2 Å². The van der Waals surface area contributed by atoms with Crippen molar-refractivity contribution in [3.63, 3.8) is 0 Å². The maximum absolute atomic E-state index is 12.7. The smallest absolute Gasteiger partial charge is 0.328 e. The van der Waals surface area contributed by atoms with Gasteiger partial charge in [0.15, 0.2) is 5.65 Å². The van der Waals surface area contributed by atoms with Gasteiger partial charge in [0.05, 0.1) is 24.2 Å². The number of carbonyl (C=O) groups excluding carboxylic acids is 1. The summed E-state index contributed by atoms with van der Waals surface area (Å²) in [5.74, 6) is -6.64. The third kappa shape index (κ3) is 18.0. The van der Waals surface area contributed by atoms with Gasteiger partial charge in [0.2, 0.25) is 5.91 Å². The molecule has 6 rings (SSSR count). The van der Waals surface area contributed by atoms with E-state index in [-0.39, 0.29) is 11.9 Å². The molecule has 0 bridgehead atoms. The van der Waals surface area contributed by atoms with Gasteiger partial charge in [-0.15, -0.1) is 0 Å². The summed E-state index contributed by atoms with van der Waals surface area (Å²) < 4.78 is 7.76. The highest BCUT2D eigenvalue weighted by atomic mass is 16.5. The number of aliphatic carboxylic acids is 6. The first-order valence-electron chi connectivity index (χ1n) is 20.2. The van der Waals surface area contributed by atoms with Gasteiger partial charge in [0.1, 0.15) is 23.6 Å². The lowest BCUT2D eigenvalue weighted by Gasteiger charge is -2.41. The quantitative estimate of drug-likeness (QED) is 0.0839. The van der Waals surface area contributed by atoms with Gasteiger partial charge in [-0.3, -0.25) is 9.69 Å². The molecule has 2 aromatic carbocycles. The van der Waals surface area contributed by atoms with Crippen LogP contribution in [0.5, 0.6) is 5.75 Å². The standard InChI is InChI=1S/C32H40N8O2.3C4H4O4/c1-38-16-18-39(19-17-38)24-10-12-25(13-11-24)40-32-29(31(33)34-21-35-32)30(37-40)23-9-14-26(27(20-23)42-2)36-28(41)15-8-22-6-4-3-5-7-22;3*5-3(6)1-2-4(7)8/h3-7,9,14,20-21,24-25H,8,10-13,15-19H2,1-2H3,(H,36,41)(H2,33,34,35);3*1-2H,(H,5,6)(H,7,8)/b;3*2-1-. The van der Waals surface area contributed by atoms with E-state index in [0.29, 0.717) is 72.6 Å². The Balaban J connectivity index is 0.000000394. The van der Waals surface area contributed by atoms with Crippen molar-refractivity contribution in [2.75, 3.05) is 51.4 Å². The Bertz CT molecular complexity index is 2270. The van der Waals surface area contributed by atoms with Crippen molar-refractivity contribution in [2.45, 2.75) is 50.6 Å². The van der Waals surface area contributed by atoms with Crippen LogP contribution in [-0.4, -0.2) is 148 Å². The van der Waals surface area contributed by atoms with Crippen molar-refractivity contribution in [2.24, 2.45) is 0 Å². The Morgan fingerprint density at radius 3 is 1.70 bits per heavy atom. The summed E-state index contributed by atoms with van der Waals surface area (Å²) in [6, 6.07) is 16.6. The van der Waals surface area contributed by atoms with Gasteiger partial charge in [-0.25, -0.2) is 43.4 Å². The topological polar surface area (TPSA) is 338 Å². The van der Waals surface area contributed by atoms with Crippen molar-refractivity contribution < 1.29 is 68.9 Å². The molecule has 9 N–H and O–H groups in total. The molecule has 1 amide bonds. The summed E-state index contributed by atoms with van der Waals surface area (Å²) >= 11 is 0. The molecule has 22 heteroatoms. The molecule has 0 atom stereocenters. The molecule has 22 nitrogen and oxygen atoms in total. The number of benzene rings is 2. The second-order valence-electron chi connectivity index (χ2n) is 14.5. The van der Waals surface area contributed by atoms with Crippen LogP contribution in [0.3, 0.4) is 0 Å². The fourth-order valence-electron chi connectivity index (χ4n) is 6.79. The summed E-state index contributed by atoms with van der Waals surface area (Å²) in [5, 5.41) is 55.7. The molecule has 0 radical (unpaired) electrons. The molecule has 4 aromatic rings. The van der Waals surface area contributed by atoms with Crippen LogP contribution in [0.2, 0.25) is 0 Å². The predicted molar refractivity (Wildman–Crippen MR) is 239 cm³/mol. The molecule has 352 valence electrons. The van der Waals surface area contributed by atoms with E-state index in [2.05, 4.69) is 36.8 Å². The molecule has 1 saturated heterocycles. The van der Waals surface area contributed by atoms with E-state index < -0.39 is 35.8 Å². The monoisotopic (exact) mass is 916 g/mol. The molecule has 0 unspecified atom stereocenters. The molecular weight excluding hydrogens is 865 g/mol. The summed E-state index contributed by atoms with van der Waals surface area (Å²) in [7, 11) is 3.81. The van der Waals surface area contributed by atoms with E-state index in [9.17, 15) is 33.6 Å². The third-order valence-electron chi connectivity index (χ3n) is 9.92. The third-order valence-corrected chi connectivity index (χ3v) is 9.92. The second kappa shape index (κ2) is 26.6. The molecule has 2 aromatic heterocycles. The zero-order valence-electron chi connectivity index (χ0n) is 36.1. The van der Waals surface area contributed by atoms with Crippen molar-refractivity contribution in [3.05, 3.63) is 96.9 Å². The number of carbonyl (C=O) groups is 7. The van der Waals surface area contributed by atoms with Crippen molar-refractivity contribution >= 4 is 64.3 Å². The molecule has 2 aliphatic rings. The number of nitrogens with two attached hydrogens (primary N) is 1. The number of carboxylic acid groups (broad SMARTS) is 6. The van der Waals surface area contributed by atoms with E-state index in [1.54, 1.807) is 7.11 Å². The average molecular weight is 917 g/mol. The van der Waals surface area contributed by atoms with E-state index >= 15 is 0 Å². The highest BCUT2D eigenvalue weighted by Crippen LogP contribution is 2.39. The van der Waals surface area contributed by atoms with Gasteiger partial charge in [-0.05, 0) is 56.8 Å². The maximum atomic E-state index is 12.7. The molecule has 66 heavy (non-hydrogen) atoms. The first kappa shape index (κ1) is 52.4. The number of aryl methyl sites for hydroxylation is 1. The number of ether oxygens (including phenoxy) is 1. The lowest BCUT2D eigenvalue weighted by Crippen LogP contribution is -2.49. The molecule has 1 saturated carbocycles. The number of aromatic nitrogens is 4. The minimum Gasteiger partial charge on any atom is -0.495 e. The van der Waals surface area contributed by atoms with Gasteiger partial charge in [0.25, 0.3) is 0 Å². The zero-order chi connectivity index (χ0) is 48.8. The van der Waals surface area contributed by atoms with Crippen LogP contribution in [0, 0.1) is 0 Å². The van der Waals surface area contributed by atoms with E-state index in [0.717, 1.165) is 79.7 Å². The zero-order valence-corrected chi connectivity index (χ0v) is 36.1. The summed E-state index contributed by atoms with van der Waals surface area (Å²) in [6.07, 6.45) is 10.3. The fourth-order valence-corrected chi connectivity index (χ4v) is 6.79. The second-order valence-corrected chi connectivity index (χ2v) is 14.5. The van der Waals surface area contributed by atoms with Crippen LogP contribution in [0.15, 0.2) is 91.3 Å². The molecule has 2 fully saturated rings. The maximum Gasteiger partial charge on any atom is 0.328 e. The number of piperazine rings is 1. The van der Waals surface area contributed by atoms with Crippen LogP contribution in [0.1, 0.15) is 43.7 Å². The predicted octanol–water partition coefficient (Wildman–Crippen LogP) is 3.52. The number of nitrogens with zero attached hydrogens (tertiary/aromatic N) is 6. The van der Waals surface area contributed by atoms with Gasteiger partial charge in [-0.2, -0.15) is 5.10 Å². The molecule has 0 spiro atoms. The number of fused-ring (bicyclic) bond motifs is 1. The van der Waals surface area contributed by atoms with Gasteiger partial charge >= 0.3 is 35.8 Å². The number of anilines is 2. The summed E-state index contributed by atoms with van der Waals surface area (Å²) in [6.45, 7) is 4.58. The summed E-state index contributed by atoms with van der Waals surface area (Å²) in [4.78, 5) is 84.0. The minimum atomic E-state index is -1.26. The first-order chi connectivity index (χ1) is 31.4. The highest BCUT2D eigenvalue weighted by Gasteiger charge is 2.31. The lowest BCUT2D eigenvalue weighted by atomic mass is 9.90. The largest absolute Gasteiger partial charge is 0.495 e. The Morgan fingerprint density at radius 2 is 1.21 bits per heavy atom. The van der Waals surface area contributed by atoms with Gasteiger partial charge in [-0.1, -0.05) is 36.4 Å². The van der Waals surface area contributed by atoms with Crippen LogP contribution in [0.4, 0.5) is 11.5 Å². The Hall–Kier alpha value is -7.98. The van der Waals surface area contributed by atoms with Crippen molar-refractivity contribution in [1.29, 1.82) is 0 Å². The number of carboxylic acids is 6. The number of hydrogen-bond donors (Lipinski definition) is 8. The van der Waals surface area contributed by atoms with Crippen molar-refractivity contribution in [3.8, 4) is 17.0 Å². The van der Waals surface area contributed by atoms with E-state index in [1.807, 2.05) is 48.5 Å². The number of nitrogens with one attached hydrogen (secondary N) is 1. The molecule has 3 heterocycles. The summed E-state index contributed by atoms with van der Waals surface area (Å²) in [5.41, 5.74) is 10.5. The van der Waals surface area contributed by atoms with Crippen LogP contribution in [-0.2, 0) is 40.0 Å². The van der Waals surface area contributed by atoms with Crippen LogP contribution < -0.4 is 15.8 Å². The Morgan fingerprint density at radius 1 is 0.712 bits per heavy atom. The number of hydrogen-bond acceptors (Lipinski definition) is 14. The van der Waals surface area contributed by atoms with Crippen molar-refractivity contribution in [1.82, 2.24) is 29.5 Å². The molecular formula is C44H52N8O14. The highest BCUT2D eigenvalue weighted by molar-refractivity contribution is 5.99. The number of nitrogen functional groups attached to an aromatic ring is 1. The number of likely N-dealkylation sites (N-methyl/N-ethyl adjacent to an activating group) is 1. The van der Waals surface area contributed by atoms with Crippen LogP contribution >= 0.6 is 0 Å². The molecule has 1 aliphatic carbocycles. The average Bonchev–Trinajstić information content (AvgIpc) is 3.69. The number of rotatable bonds is 14. The fraction of sp³-hybridized carbons (Fsp3) is 0.318. The van der Waals surface area contributed by atoms with Gasteiger partial charge in [0, 0.05) is 80.7 Å². The number of methoxy groups -OCH3 is 1. The SMILES string of the molecule is COc1cc(-c2nn(C3CCC(N4CCN(C)CC4)CC3)c3ncnc(N)c23)ccc1NC(=O)CCc1ccccc1.O=C(O)/C=C\C(=O)O.O=C(O)/C=C\C(=O)O.O=C(O)/C=C\C(=O)O. The minimum absolute atomic E-state index is 0.0653. The first-order valence-corrected chi connectivity index (χ1v) is 20.2. The Kier molecular flexibility index (Phi) is 21.1. The van der Waals surface area contributed by atoms with Crippen LogP contribution in [0.25, 0.3) is 22.3 Å². The molecule has 1 aliphatic heterocycles. The van der Waals surface area contributed by atoms with E-state index in [1.165, 1.54) is 6.33 Å². The van der Waals surface area contributed by atoms with Gasteiger partial charge < -0.3 is 51.3 Å². The Labute approximate surface area is 377 Å². The normalized spacial score (nSPS) is 16.2. The number of amides is 1.